The van der Waals surface area contributed by atoms with E-state index in [1.54, 1.807) is 19.1 Å². The number of nitrogens with two attached hydrogens (primary N) is 1. The third kappa shape index (κ3) is 4.42. The topological polar surface area (TPSA) is 111 Å². The van der Waals surface area contributed by atoms with E-state index in [9.17, 15) is 8.42 Å². The fraction of sp³-hybridized carbons (Fsp3) is 0.273. The molecule has 0 aliphatic carbocycles. The molecule has 0 aliphatic rings. The van der Waals surface area contributed by atoms with E-state index < -0.39 is 10.0 Å². The highest BCUT2D eigenvalue weighted by Gasteiger charge is 2.14. The van der Waals surface area contributed by atoms with Crippen LogP contribution in [0.2, 0.25) is 0 Å². The fourth-order valence-corrected chi connectivity index (χ4v) is 3.58. The van der Waals surface area contributed by atoms with Crippen LogP contribution >= 0.6 is 11.8 Å². The molecular formula is C11H14N4O3S2. The van der Waals surface area contributed by atoms with Crippen molar-refractivity contribution in [2.75, 3.05) is 22.0 Å². The van der Waals surface area contributed by atoms with E-state index in [0.717, 1.165) is 4.90 Å². The maximum Gasteiger partial charge on any atom is 0.335 e. The first-order valence-electron chi connectivity index (χ1n) is 5.74. The first kappa shape index (κ1) is 14.7. The van der Waals surface area contributed by atoms with Crippen molar-refractivity contribution >= 4 is 33.5 Å². The second-order valence-corrected chi connectivity index (χ2v) is 7.00. The number of hydrogen-bond acceptors (Lipinski definition) is 7. The predicted molar refractivity (Wildman–Crippen MR) is 78.0 cm³/mol. The highest BCUT2D eigenvalue weighted by Crippen LogP contribution is 2.19. The summed E-state index contributed by atoms with van der Waals surface area (Å²) in [7, 11) is -3.49. The van der Waals surface area contributed by atoms with Crippen LogP contribution in [0.4, 0.5) is 11.7 Å². The van der Waals surface area contributed by atoms with Crippen molar-refractivity contribution in [3.63, 3.8) is 0 Å². The number of nitrogens with one attached hydrogen (secondary N) is 1. The van der Waals surface area contributed by atoms with Crippen molar-refractivity contribution in [2.45, 2.75) is 11.8 Å². The molecule has 2 aromatic rings. The summed E-state index contributed by atoms with van der Waals surface area (Å²) in [6, 6.07) is 7.13. The first-order valence-corrected chi connectivity index (χ1v) is 8.37. The van der Waals surface area contributed by atoms with Crippen LogP contribution < -0.4 is 10.5 Å². The van der Waals surface area contributed by atoms with E-state index in [4.69, 9.17) is 10.3 Å². The number of benzene rings is 1. The smallest absolute Gasteiger partial charge is 0.335 e. The molecule has 1 heterocycles. The quantitative estimate of drug-likeness (QED) is 0.613. The van der Waals surface area contributed by atoms with Gasteiger partial charge >= 0.3 is 6.01 Å². The summed E-state index contributed by atoms with van der Waals surface area (Å²) in [6.45, 7) is 1.61. The lowest BCUT2D eigenvalue weighted by Crippen LogP contribution is -2.18. The number of anilines is 2. The van der Waals surface area contributed by atoms with Crippen LogP contribution in [-0.4, -0.2) is 30.1 Å². The average Bonchev–Trinajstić information content (AvgIpc) is 2.76. The van der Waals surface area contributed by atoms with E-state index in [2.05, 4.69) is 14.9 Å². The van der Waals surface area contributed by atoms with Gasteiger partial charge in [0.2, 0.25) is 10.0 Å². The molecule has 0 saturated carbocycles. The SMILES string of the molecule is Cc1noc(NS(=O)(=O)CCSc2ccc(N)cc2)n1. The Morgan fingerprint density at radius 1 is 1.35 bits per heavy atom. The Morgan fingerprint density at radius 3 is 2.65 bits per heavy atom. The van der Waals surface area contributed by atoms with Crippen LogP contribution in [0.15, 0.2) is 33.7 Å². The monoisotopic (exact) mass is 314 g/mol. The van der Waals surface area contributed by atoms with Crippen LogP contribution in [0.5, 0.6) is 0 Å². The minimum Gasteiger partial charge on any atom is -0.399 e. The van der Waals surface area contributed by atoms with Crippen LogP contribution in [0, 0.1) is 6.92 Å². The Balaban J connectivity index is 1.84. The van der Waals surface area contributed by atoms with E-state index >= 15 is 0 Å². The Kier molecular flexibility index (Phi) is 4.50. The van der Waals surface area contributed by atoms with Crippen molar-refractivity contribution in [3.05, 3.63) is 30.1 Å². The summed E-state index contributed by atoms with van der Waals surface area (Å²) < 4.78 is 30.5. The molecule has 20 heavy (non-hydrogen) atoms. The third-order valence-corrected chi connectivity index (χ3v) is 4.77. The maximum atomic E-state index is 11.8. The van der Waals surface area contributed by atoms with E-state index in [1.807, 2.05) is 12.1 Å². The lowest BCUT2D eigenvalue weighted by Gasteiger charge is -2.04. The molecule has 0 amide bonds. The zero-order valence-corrected chi connectivity index (χ0v) is 12.4. The summed E-state index contributed by atoms with van der Waals surface area (Å²) >= 11 is 1.43. The highest BCUT2D eigenvalue weighted by molar-refractivity contribution is 8.00. The molecule has 0 fully saturated rings. The number of thioether (sulfide) groups is 1. The second kappa shape index (κ2) is 6.14. The number of aryl methyl sites for hydroxylation is 1. The van der Waals surface area contributed by atoms with Gasteiger partial charge in [0.25, 0.3) is 0 Å². The fourth-order valence-electron chi connectivity index (χ4n) is 1.36. The van der Waals surface area contributed by atoms with Gasteiger partial charge in [-0.2, -0.15) is 4.98 Å². The third-order valence-electron chi connectivity index (χ3n) is 2.27. The molecule has 1 aromatic carbocycles. The van der Waals surface area contributed by atoms with Gasteiger partial charge in [-0.3, -0.25) is 0 Å². The average molecular weight is 314 g/mol. The Bertz CT molecular complexity index is 667. The second-order valence-electron chi connectivity index (χ2n) is 3.99. The lowest BCUT2D eigenvalue weighted by atomic mass is 10.3. The summed E-state index contributed by atoms with van der Waals surface area (Å²) in [4.78, 5) is 4.74. The van der Waals surface area contributed by atoms with Crippen LogP contribution in [0.1, 0.15) is 5.82 Å². The molecule has 2 rings (SSSR count). The van der Waals surface area contributed by atoms with Gasteiger partial charge < -0.3 is 10.3 Å². The molecule has 3 N–H and O–H groups in total. The molecular weight excluding hydrogens is 300 g/mol. The Labute approximate surface area is 121 Å². The predicted octanol–water partition coefficient (Wildman–Crippen LogP) is 1.49. The van der Waals surface area contributed by atoms with Crippen molar-refractivity contribution in [2.24, 2.45) is 0 Å². The van der Waals surface area contributed by atoms with Crippen molar-refractivity contribution in [1.82, 2.24) is 10.1 Å². The van der Waals surface area contributed by atoms with Gasteiger partial charge in [-0.25, -0.2) is 13.1 Å². The first-order chi connectivity index (χ1) is 9.44. The van der Waals surface area contributed by atoms with E-state index in [0.29, 0.717) is 17.3 Å². The summed E-state index contributed by atoms with van der Waals surface area (Å²) in [5, 5.41) is 3.51. The lowest BCUT2D eigenvalue weighted by molar-refractivity contribution is 0.429. The molecule has 0 bridgehead atoms. The molecule has 1 aromatic heterocycles. The van der Waals surface area contributed by atoms with Gasteiger partial charge in [0.15, 0.2) is 5.82 Å². The molecule has 0 spiro atoms. The molecule has 0 aliphatic heterocycles. The Hall–Kier alpha value is -1.74. The zero-order valence-electron chi connectivity index (χ0n) is 10.7. The van der Waals surface area contributed by atoms with E-state index in [1.165, 1.54) is 11.8 Å². The van der Waals surface area contributed by atoms with Crippen LogP contribution in [-0.2, 0) is 10.0 Å². The number of rotatable bonds is 6. The van der Waals surface area contributed by atoms with Crippen molar-refractivity contribution < 1.29 is 12.9 Å². The Morgan fingerprint density at radius 2 is 2.05 bits per heavy atom. The number of aromatic nitrogens is 2. The zero-order chi connectivity index (χ0) is 14.6. The van der Waals surface area contributed by atoms with Crippen LogP contribution in [0.25, 0.3) is 0 Å². The molecule has 108 valence electrons. The molecule has 0 unspecified atom stereocenters. The number of hydrogen-bond donors (Lipinski definition) is 2. The minimum atomic E-state index is -3.49. The number of nitrogen functional groups attached to an aromatic ring is 1. The van der Waals surface area contributed by atoms with Gasteiger partial charge in [-0.15, -0.1) is 11.8 Å². The summed E-state index contributed by atoms with van der Waals surface area (Å²) in [6.07, 6.45) is 0. The molecule has 9 heteroatoms. The normalized spacial score (nSPS) is 11.4. The van der Waals surface area contributed by atoms with Gasteiger partial charge in [0.1, 0.15) is 0 Å². The van der Waals surface area contributed by atoms with Crippen molar-refractivity contribution in [3.8, 4) is 0 Å². The molecule has 0 atom stereocenters. The van der Waals surface area contributed by atoms with Gasteiger partial charge in [0, 0.05) is 16.3 Å². The maximum absolute atomic E-state index is 11.8. The summed E-state index contributed by atoms with van der Waals surface area (Å²) in [5.74, 6) is 0.731. The minimum absolute atomic E-state index is 0.0521. The van der Waals surface area contributed by atoms with Gasteiger partial charge in [-0.1, -0.05) is 5.16 Å². The largest absolute Gasteiger partial charge is 0.399 e. The molecule has 0 radical (unpaired) electrons. The molecule has 0 saturated heterocycles. The summed E-state index contributed by atoms with van der Waals surface area (Å²) in [5.41, 5.74) is 6.25. The van der Waals surface area contributed by atoms with Gasteiger partial charge in [-0.05, 0) is 31.2 Å². The van der Waals surface area contributed by atoms with Gasteiger partial charge in [0.05, 0.1) is 5.75 Å². The van der Waals surface area contributed by atoms with Crippen molar-refractivity contribution in [1.29, 1.82) is 0 Å². The molecule has 7 nitrogen and oxygen atoms in total. The number of sulfonamides is 1. The number of nitrogens with zero attached hydrogens (tertiary/aromatic N) is 2. The van der Waals surface area contributed by atoms with E-state index in [-0.39, 0.29) is 11.8 Å². The standard InChI is InChI=1S/C11H14N4O3S2/c1-8-13-11(18-14-8)15-20(16,17)7-6-19-10-4-2-9(12)3-5-10/h2-5H,6-7,12H2,1H3,(H,13,14,15). The van der Waals surface area contributed by atoms with Crippen LogP contribution in [0.3, 0.4) is 0 Å². The highest BCUT2D eigenvalue weighted by atomic mass is 32.2.